The number of carbonyl (C=O) groups is 1. The van der Waals surface area contributed by atoms with Gasteiger partial charge in [-0.3, -0.25) is 4.79 Å². The van der Waals surface area contributed by atoms with Crippen LogP contribution in [0.25, 0.3) is 0 Å². The van der Waals surface area contributed by atoms with Crippen molar-refractivity contribution in [2.75, 3.05) is 0 Å². The third-order valence-electron chi connectivity index (χ3n) is 3.90. The number of hydrogen-bond acceptors (Lipinski definition) is 1. The summed E-state index contributed by atoms with van der Waals surface area (Å²) in [7, 11) is 0. The Morgan fingerprint density at radius 3 is 2.19 bits per heavy atom. The summed E-state index contributed by atoms with van der Waals surface area (Å²) >= 11 is 0. The van der Waals surface area contributed by atoms with Crippen LogP contribution in [0.4, 0.5) is 4.39 Å². The van der Waals surface area contributed by atoms with E-state index in [9.17, 15) is 14.3 Å². The fourth-order valence-electron chi connectivity index (χ4n) is 2.57. The van der Waals surface area contributed by atoms with Gasteiger partial charge in [0.1, 0.15) is 5.82 Å². The molecule has 0 aliphatic carbocycles. The molecule has 1 N–H and O–H groups in total. The molecule has 1 aromatic carbocycles. The van der Waals surface area contributed by atoms with Crippen LogP contribution in [0.2, 0.25) is 0 Å². The molecule has 21 heavy (non-hydrogen) atoms. The molecule has 0 saturated heterocycles. The first-order valence-corrected chi connectivity index (χ1v) is 8.10. The topological polar surface area (TPSA) is 37.3 Å². The highest BCUT2D eigenvalue weighted by Gasteiger charge is 2.17. The summed E-state index contributed by atoms with van der Waals surface area (Å²) in [4.78, 5) is 11.3. The summed E-state index contributed by atoms with van der Waals surface area (Å²) in [6, 6.07) is 6.13. The quantitative estimate of drug-likeness (QED) is 0.569. The molecular weight excluding hydrogens is 267 g/mol. The van der Waals surface area contributed by atoms with Gasteiger partial charge < -0.3 is 5.11 Å². The van der Waals surface area contributed by atoms with E-state index < -0.39 is 5.97 Å². The minimum Gasteiger partial charge on any atom is -0.481 e. The van der Waals surface area contributed by atoms with Gasteiger partial charge in [-0.2, -0.15) is 0 Å². The molecule has 118 valence electrons. The van der Waals surface area contributed by atoms with E-state index in [0.717, 1.165) is 18.4 Å². The maximum Gasteiger partial charge on any atom is 0.306 e. The molecule has 0 bridgehead atoms. The van der Waals surface area contributed by atoms with Gasteiger partial charge in [0.15, 0.2) is 0 Å². The van der Waals surface area contributed by atoms with Crippen molar-refractivity contribution >= 4 is 5.97 Å². The summed E-state index contributed by atoms with van der Waals surface area (Å²) in [5.74, 6) is -1.38. The Labute approximate surface area is 127 Å². The Balaban J connectivity index is 2.27. The average Bonchev–Trinajstić information content (AvgIpc) is 2.47. The van der Waals surface area contributed by atoms with Crippen LogP contribution in [0.15, 0.2) is 24.3 Å². The second-order valence-corrected chi connectivity index (χ2v) is 5.78. The van der Waals surface area contributed by atoms with Gasteiger partial charge in [0, 0.05) is 0 Å². The first-order valence-electron chi connectivity index (χ1n) is 8.10. The van der Waals surface area contributed by atoms with E-state index >= 15 is 0 Å². The molecular formula is C18H27FO2. The third kappa shape index (κ3) is 7.84. The number of unbranched alkanes of at least 4 members (excludes halogenated alkanes) is 6. The molecule has 3 heteroatoms. The van der Waals surface area contributed by atoms with E-state index in [1.165, 1.54) is 44.2 Å². The number of benzene rings is 1. The molecule has 1 rings (SSSR count). The highest BCUT2D eigenvalue weighted by atomic mass is 19.1. The lowest BCUT2D eigenvalue weighted by molar-refractivity contribution is -0.142. The number of rotatable bonds is 11. The molecule has 1 atom stereocenters. The summed E-state index contributed by atoms with van der Waals surface area (Å²) in [6.07, 6.45) is 9.55. The maximum atomic E-state index is 12.8. The molecule has 0 amide bonds. The van der Waals surface area contributed by atoms with Crippen LogP contribution < -0.4 is 0 Å². The van der Waals surface area contributed by atoms with Crippen molar-refractivity contribution in [3.05, 3.63) is 35.6 Å². The summed E-state index contributed by atoms with van der Waals surface area (Å²) < 4.78 is 12.8. The van der Waals surface area contributed by atoms with Crippen molar-refractivity contribution in [2.45, 2.75) is 64.7 Å². The van der Waals surface area contributed by atoms with Gasteiger partial charge >= 0.3 is 5.97 Å². The van der Waals surface area contributed by atoms with Crippen molar-refractivity contribution in [3.8, 4) is 0 Å². The normalized spacial score (nSPS) is 12.3. The second kappa shape index (κ2) is 10.4. The van der Waals surface area contributed by atoms with E-state index in [4.69, 9.17) is 0 Å². The first-order chi connectivity index (χ1) is 10.1. The van der Waals surface area contributed by atoms with E-state index in [1.54, 1.807) is 12.1 Å². The highest BCUT2D eigenvalue weighted by molar-refractivity contribution is 5.70. The van der Waals surface area contributed by atoms with Crippen molar-refractivity contribution in [1.82, 2.24) is 0 Å². The van der Waals surface area contributed by atoms with Gasteiger partial charge in [0.05, 0.1) is 5.92 Å². The molecule has 1 aromatic rings. The van der Waals surface area contributed by atoms with Gasteiger partial charge in [-0.15, -0.1) is 0 Å². The molecule has 0 aromatic heterocycles. The SMILES string of the molecule is CCCCCCCCCC(Cc1ccc(F)cc1)C(=O)O. The Bertz CT molecular complexity index is 400. The standard InChI is InChI=1S/C18H27FO2/c1-2-3-4-5-6-7-8-9-16(18(20)21)14-15-10-12-17(19)13-11-15/h10-13,16H,2-9,14H2,1H3,(H,20,21). The van der Waals surface area contributed by atoms with Crippen LogP contribution in [0.3, 0.4) is 0 Å². The minimum atomic E-state index is -0.745. The monoisotopic (exact) mass is 294 g/mol. The zero-order chi connectivity index (χ0) is 15.5. The molecule has 0 saturated carbocycles. The smallest absolute Gasteiger partial charge is 0.306 e. The molecule has 0 radical (unpaired) electrons. The highest BCUT2D eigenvalue weighted by Crippen LogP contribution is 2.18. The average molecular weight is 294 g/mol. The van der Waals surface area contributed by atoms with Gasteiger partial charge in [0.25, 0.3) is 0 Å². The van der Waals surface area contributed by atoms with Crippen LogP contribution in [0.5, 0.6) is 0 Å². The first kappa shape index (κ1) is 17.7. The summed E-state index contributed by atoms with van der Waals surface area (Å²) in [5, 5.41) is 9.29. The Kier molecular flexibility index (Phi) is 8.72. The van der Waals surface area contributed by atoms with Gasteiger partial charge in [0.2, 0.25) is 0 Å². The Morgan fingerprint density at radius 2 is 1.62 bits per heavy atom. The van der Waals surface area contributed by atoms with E-state index in [1.807, 2.05) is 0 Å². The number of halogens is 1. The predicted octanol–water partition coefficient (Wildman–Crippen LogP) is 5.21. The molecule has 1 unspecified atom stereocenters. The van der Waals surface area contributed by atoms with Crippen LogP contribution in [0.1, 0.15) is 63.9 Å². The molecule has 0 aliphatic rings. The van der Waals surface area contributed by atoms with Gasteiger partial charge in [-0.05, 0) is 30.5 Å². The van der Waals surface area contributed by atoms with Crippen LogP contribution in [-0.2, 0) is 11.2 Å². The molecule has 0 spiro atoms. The van der Waals surface area contributed by atoms with Crippen molar-refractivity contribution < 1.29 is 14.3 Å². The Hall–Kier alpha value is -1.38. The largest absolute Gasteiger partial charge is 0.481 e. The number of hydrogen-bond donors (Lipinski definition) is 1. The third-order valence-corrected chi connectivity index (χ3v) is 3.90. The van der Waals surface area contributed by atoms with Crippen molar-refractivity contribution in [1.29, 1.82) is 0 Å². The maximum absolute atomic E-state index is 12.8. The second-order valence-electron chi connectivity index (χ2n) is 5.78. The number of aliphatic carboxylic acids is 1. The predicted molar refractivity (Wildman–Crippen MR) is 83.8 cm³/mol. The molecule has 0 heterocycles. The zero-order valence-electron chi connectivity index (χ0n) is 13.0. The molecule has 0 fully saturated rings. The van der Waals surface area contributed by atoms with Crippen molar-refractivity contribution in [3.63, 3.8) is 0 Å². The fourth-order valence-corrected chi connectivity index (χ4v) is 2.57. The van der Waals surface area contributed by atoms with E-state index in [-0.39, 0.29) is 11.7 Å². The van der Waals surface area contributed by atoms with Crippen LogP contribution in [0, 0.1) is 11.7 Å². The fraction of sp³-hybridized carbons (Fsp3) is 0.611. The lowest BCUT2D eigenvalue weighted by Crippen LogP contribution is -2.16. The number of carboxylic acid groups (broad SMARTS) is 1. The number of carboxylic acids is 1. The minimum absolute atomic E-state index is 0.280. The van der Waals surface area contributed by atoms with Crippen LogP contribution >= 0.6 is 0 Å². The van der Waals surface area contributed by atoms with Crippen molar-refractivity contribution in [2.24, 2.45) is 5.92 Å². The van der Waals surface area contributed by atoms with Gasteiger partial charge in [-0.25, -0.2) is 4.39 Å². The zero-order valence-corrected chi connectivity index (χ0v) is 13.0. The molecule has 2 nitrogen and oxygen atoms in total. The van der Waals surface area contributed by atoms with Crippen LogP contribution in [-0.4, -0.2) is 11.1 Å². The van der Waals surface area contributed by atoms with Gasteiger partial charge in [-0.1, -0.05) is 64.0 Å². The summed E-state index contributed by atoms with van der Waals surface area (Å²) in [5.41, 5.74) is 0.895. The lowest BCUT2D eigenvalue weighted by Gasteiger charge is -2.12. The summed E-state index contributed by atoms with van der Waals surface area (Å²) in [6.45, 7) is 2.20. The van der Waals surface area contributed by atoms with E-state index in [0.29, 0.717) is 12.8 Å². The van der Waals surface area contributed by atoms with E-state index in [2.05, 4.69) is 6.92 Å². The Morgan fingerprint density at radius 1 is 1.05 bits per heavy atom. The lowest BCUT2D eigenvalue weighted by atomic mass is 9.93. The molecule has 0 aliphatic heterocycles.